The standard InChI is InChI=1S/C21H17FO2/c1-15-8-2-4-10-17(15)21(23)18-11-5-7-13-20(18)24-14-16-9-3-6-12-19(16)22/h2-13H,14H2,1H3. The van der Waals surface area contributed by atoms with Crippen LogP contribution in [0, 0.1) is 12.7 Å². The Kier molecular flexibility index (Phi) is 4.71. The van der Waals surface area contributed by atoms with Gasteiger partial charge in [-0.3, -0.25) is 4.79 Å². The van der Waals surface area contributed by atoms with Gasteiger partial charge in [-0.05, 0) is 30.7 Å². The Morgan fingerprint density at radius 2 is 1.50 bits per heavy atom. The van der Waals surface area contributed by atoms with E-state index in [1.54, 1.807) is 48.5 Å². The van der Waals surface area contributed by atoms with Gasteiger partial charge in [-0.2, -0.15) is 0 Å². The predicted octanol–water partition coefficient (Wildman–Crippen LogP) is 4.94. The fourth-order valence-corrected chi connectivity index (χ4v) is 2.52. The van der Waals surface area contributed by atoms with Gasteiger partial charge in [0.25, 0.3) is 0 Å². The van der Waals surface area contributed by atoms with Crippen molar-refractivity contribution in [3.63, 3.8) is 0 Å². The lowest BCUT2D eigenvalue weighted by atomic mass is 9.98. The topological polar surface area (TPSA) is 26.3 Å². The van der Waals surface area contributed by atoms with Crippen LogP contribution in [0.15, 0.2) is 72.8 Å². The lowest BCUT2D eigenvalue weighted by molar-refractivity contribution is 0.103. The van der Waals surface area contributed by atoms with Crippen LogP contribution in [0.1, 0.15) is 27.0 Å². The number of ether oxygens (including phenoxy) is 1. The van der Waals surface area contributed by atoms with Crippen molar-refractivity contribution in [1.82, 2.24) is 0 Å². The van der Waals surface area contributed by atoms with E-state index in [9.17, 15) is 9.18 Å². The molecular formula is C21H17FO2. The van der Waals surface area contributed by atoms with Gasteiger partial charge in [0, 0.05) is 11.1 Å². The smallest absolute Gasteiger partial charge is 0.197 e. The Labute approximate surface area is 140 Å². The van der Waals surface area contributed by atoms with Crippen molar-refractivity contribution in [1.29, 1.82) is 0 Å². The fraction of sp³-hybridized carbons (Fsp3) is 0.0952. The van der Waals surface area contributed by atoms with Crippen LogP contribution in [0.25, 0.3) is 0 Å². The molecule has 0 aliphatic rings. The molecule has 0 aromatic heterocycles. The molecule has 0 fully saturated rings. The van der Waals surface area contributed by atoms with Crippen molar-refractivity contribution < 1.29 is 13.9 Å². The second kappa shape index (κ2) is 7.09. The maximum atomic E-state index is 13.7. The number of carbonyl (C=O) groups excluding carboxylic acids is 1. The summed E-state index contributed by atoms with van der Waals surface area (Å²) in [5, 5.41) is 0. The first-order chi connectivity index (χ1) is 11.7. The minimum absolute atomic E-state index is 0.0741. The molecule has 0 aliphatic heterocycles. The van der Waals surface area contributed by atoms with Gasteiger partial charge in [0.05, 0.1) is 5.56 Å². The Bertz CT molecular complexity index is 871. The maximum Gasteiger partial charge on any atom is 0.197 e. The molecule has 3 heteroatoms. The molecule has 0 heterocycles. The highest BCUT2D eigenvalue weighted by atomic mass is 19.1. The minimum atomic E-state index is -0.319. The summed E-state index contributed by atoms with van der Waals surface area (Å²) in [4.78, 5) is 12.8. The highest BCUT2D eigenvalue weighted by Gasteiger charge is 2.16. The third kappa shape index (κ3) is 3.35. The van der Waals surface area contributed by atoms with E-state index in [0.717, 1.165) is 5.56 Å². The number of para-hydroxylation sites is 1. The molecule has 120 valence electrons. The molecular weight excluding hydrogens is 303 g/mol. The average molecular weight is 320 g/mol. The zero-order chi connectivity index (χ0) is 16.9. The number of ketones is 1. The lowest BCUT2D eigenvalue weighted by Gasteiger charge is -2.12. The van der Waals surface area contributed by atoms with Crippen molar-refractivity contribution in [2.45, 2.75) is 13.5 Å². The molecule has 0 radical (unpaired) electrons. The van der Waals surface area contributed by atoms with E-state index in [1.807, 2.05) is 25.1 Å². The Hall–Kier alpha value is -2.94. The van der Waals surface area contributed by atoms with Crippen molar-refractivity contribution in [2.24, 2.45) is 0 Å². The van der Waals surface area contributed by atoms with Gasteiger partial charge >= 0.3 is 0 Å². The molecule has 3 aromatic carbocycles. The summed E-state index contributed by atoms with van der Waals surface area (Å²) in [6, 6.07) is 20.9. The Morgan fingerprint density at radius 1 is 0.875 bits per heavy atom. The monoisotopic (exact) mass is 320 g/mol. The van der Waals surface area contributed by atoms with Crippen LogP contribution in [0.4, 0.5) is 4.39 Å². The molecule has 0 spiro atoms. The predicted molar refractivity (Wildman–Crippen MR) is 91.8 cm³/mol. The van der Waals surface area contributed by atoms with E-state index in [4.69, 9.17) is 4.74 Å². The number of rotatable bonds is 5. The van der Waals surface area contributed by atoms with Gasteiger partial charge in [-0.15, -0.1) is 0 Å². The van der Waals surface area contributed by atoms with E-state index in [0.29, 0.717) is 22.4 Å². The zero-order valence-corrected chi connectivity index (χ0v) is 13.3. The summed E-state index contributed by atoms with van der Waals surface area (Å²) in [6.07, 6.45) is 0. The lowest BCUT2D eigenvalue weighted by Crippen LogP contribution is -2.07. The van der Waals surface area contributed by atoms with Crippen molar-refractivity contribution >= 4 is 5.78 Å². The van der Waals surface area contributed by atoms with E-state index >= 15 is 0 Å². The molecule has 24 heavy (non-hydrogen) atoms. The van der Waals surface area contributed by atoms with Crippen LogP contribution in [0.5, 0.6) is 5.75 Å². The third-order valence-corrected chi connectivity index (χ3v) is 3.86. The van der Waals surface area contributed by atoms with Gasteiger partial charge < -0.3 is 4.74 Å². The Balaban J connectivity index is 1.87. The molecule has 0 atom stereocenters. The maximum absolute atomic E-state index is 13.7. The average Bonchev–Trinajstić information content (AvgIpc) is 2.61. The van der Waals surface area contributed by atoms with Gasteiger partial charge in [0.15, 0.2) is 5.78 Å². The normalized spacial score (nSPS) is 10.4. The summed E-state index contributed by atoms with van der Waals surface area (Å²) < 4.78 is 19.4. The van der Waals surface area contributed by atoms with Gasteiger partial charge in [0.2, 0.25) is 0 Å². The van der Waals surface area contributed by atoms with Crippen molar-refractivity contribution in [2.75, 3.05) is 0 Å². The van der Waals surface area contributed by atoms with E-state index in [1.165, 1.54) is 6.07 Å². The van der Waals surface area contributed by atoms with E-state index in [2.05, 4.69) is 0 Å². The fourth-order valence-electron chi connectivity index (χ4n) is 2.52. The van der Waals surface area contributed by atoms with Crippen LogP contribution < -0.4 is 4.74 Å². The van der Waals surface area contributed by atoms with Crippen LogP contribution in [-0.2, 0) is 6.61 Å². The second-order valence-electron chi connectivity index (χ2n) is 5.52. The van der Waals surface area contributed by atoms with Gasteiger partial charge in [-0.1, -0.05) is 54.6 Å². The molecule has 0 amide bonds. The first kappa shape index (κ1) is 15.9. The highest BCUT2D eigenvalue weighted by molar-refractivity contribution is 6.11. The van der Waals surface area contributed by atoms with Crippen molar-refractivity contribution in [3.05, 3.63) is 101 Å². The van der Waals surface area contributed by atoms with Gasteiger partial charge in [0.1, 0.15) is 18.2 Å². The Morgan fingerprint density at radius 3 is 2.25 bits per heavy atom. The number of hydrogen-bond donors (Lipinski definition) is 0. The molecule has 3 aromatic rings. The van der Waals surface area contributed by atoms with Crippen LogP contribution in [-0.4, -0.2) is 5.78 Å². The summed E-state index contributed by atoms with van der Waals surface area (Å²) >= 11 is 0. The van der Waals surface area contributed by atoms with Crippen LogP contribution in [0.2, 0.25) is 0 Å². The number of halogens is 1. The summed E-state index contributed by atoms with van der Waals surface area (Å²) in [6.45, 7) is 1.97. The number of carbonyl (C=O) groups is 1. The summed E-state index contributed by atoms with van der Waals surface area (Å²) in [7, 11) is 0. The van der Waals surface area contributed by atoms with Crippen LogP contribution >= 0.6 is 0 Å². The molecule has 0 bridgehead atoms. The SMILES string of the molecule is Cc1ccccc1C(=O)c1ccccc1OCc1ccccc1F. The first-order valence-corrected chi connectivity index (χ1v) is 7.72. The van der Waals surface area contributed by atoms with Crippen LogP contribution in [0.3, 0.4) is 0 Å². The minimum Gasteiger partial charge on any atom is -0.488 e. The molecule has 3 rings (SSSR count). The molecule has 2 nitrogen and oxygen atoms in total. The second-order valence-corrected chi connectivity index (χ2v) is 5.52. The van der Waals surface area contributed by atoms with E-state index in [-0.39, 0.29) is 18.2 Å². The van der Waals surface area contributed by atoms with Crippen molar-refractivity contribution in [3.8, 4) is 5.75 Å². The third-order valence-electron chi connectivity index (χ3n) is 3.86. The number of aryl methyl sites for hydroxylation is 1. The molecule has 0 saturated heterocycles. The summed E-state index contributed by atoms with van der Waals surface area (Å²) in [5.74, 6) is 0.0338. The first-order valence-electron chi connectivity index (χ1n) is 7.72. The highest BCUT2D eigenvalue weighted by Crippen LogP contribution is 2.24. The largest absolute Gasteiger partial charge is 0.488 e. The van der Waals surface area contributed by atoms with E-state index < -0.39 is 0 Å². The quantitative estimate of drug-likeness (QED) is 0.622. The number of benzene rings is 3. The summed E-state index contributed by atoms with van der Waals surface area (Å²) in [5.41, 5.74) is 2.48. The molecule has 0 saturated carbocycles. The molecule has 0 aliphatic carbocycles. The molecule has 0 unspecified atom stereocenters. The van der Waals surface area contributed by atoms with Gasteiger partial charge in [-0.25, -0.2) is 4.39 Å². The zero-order valence-electron chi connectivity index (χ0n) is 13.3. The number of hydrogen-bond acceptors (Lipinski definition) is 2. The molecule has 0 N–H and O–H groups in total.